The summed E-state index contributed by atoms with van der Waals surface area (Å²) in [6.45, 7) is 13.4. The minimum atomic E-state index is -0.163. The summed E-state index contributed by atoms with van der Waals surface area (Å²) in [4.78, 5) is 24.7. The Morgan fingerprint density at radius 3 is 1.34 bits per heavy atom. The highest BCUT2D eigenvalue weighted by Crippen LogP contribution is 2.40. The lowest BCUT2D eigenvalue weighted by molar-refractivity contribution is -0.158. The first kappa shape index (κ1) is 24.2. The first-order valence-corrected chi connectivity index (χ1v) is 11.9. The predicted octanol–water partition coefficient (Wildman–Crippen LogP) is 6.45. The number of hydrogen-bond donors (Lipinski definition) is 0. The summed E-state index contributed by atoms with van der Waals surface area (Å²) < 4.78 is 11.7. The summed E-state index contributed by atoms with van der Waals surface area (Å²) in [5.74, 6) is 0.518. The van der Waals surface area contributed by atoms with Gasteiger partial charge in [0.15, 0.2) is 0 Å². The van der Waals surface area contributed by atoms with Crippen LogP contribution in [0, 0.1) is 22.7 Å². The number of carbonyl (C=O) groups is 2. The van der Waals surface area contributed by atoms with E-state index < -0.39 is 0 Å². The van der Waals surface area contributed by atoms with E-state index in [-0.39, 0.29) is 35.0 Å². The summed E-state index contributed by atoms with van der Waals surface area (Å²) in [5.41, 5.74) is 0.303. The van der Waals surface area contributed by atoms with Gasteiger partial charge in [-0.15, -0.1) is 0 Å². The van der Waals surface area contributed by atoms with Crippen LogP contribution in [0.3, 0.4) is 0 Å². The van der Waals surface area contributed by atoms with Crippen molar-refractivity contribution >= 4 is 11.9 Å². The van der Waals surface area contributed by atoms with Gasteiger partial charge in [-0.25, -0.2) is 0 Å². The van der Waals surface area contributed by atoms with E-state index in [2.05, 4.69) is 41.5 Å². The Kier molecular flexibility index (Phi) is 8.60. The standard InChI is InChI=1S/C25H44O4/c1-24(2,3)18-12-7-9-14-20(18)28-22(26)16-11-17-23(27)29-21-15-10-8-13-19(21)25(4,5)6/h18-21H,7-17H2,1-6H3. The highest BCUT2D eigenvalue weighted by atomic mass is 16.5. The van der Waals surface area contributed by atoms with E-state index in [0.29, 0.717) is 31.1 Å². The minimum Gasteiger partial charge on any atom is -0.462 e. The Bertz CT molecular complexity index is 492. The van der Waals surface area contributed by atoms with E-state index in [1.807, 2.05) is 0 Å². The van der Waals surface area contributed by atoms with Crippen LogP contribution in [0.5, 0.6) is 0 Å². The fraction of sp³-hybridized carbons (Fsp3) is 0.920. The molecule has 0 spiro atoms. The van der Waals surface area contributed by atoms with Crippen LogP contribution in [0.25, 0.3) is 0 Å². The third-order valence-corrected chi connectivity index (χ3v) is 6.96. The maximum absolute atomic E-state index is 12.4. The zero-order valence-electron chi connectivity index (χ0n) is 19.7. The van der Waals surface area contributed by atoms with Crippen LogP contribution in [0.1, 0.15) is 112 Å². The number of hydrogen-bond acceptors (Lipinski definition) is 4. The Balaban J connectivity index is 1.74. The predicted molar refractivity (Wildman–Crippen MR) is 116 cm³/mol. The summed E-state index contributed by atoms with van der Waals surface area (Å²) >= 11 is 0. The minimum absolute atomic E-state index is 0.0259. The fourth-order valence-corrected chi connectivity index (χ4v) is 5.29. The van der Waals surface area contributed by atoms with E-state index in [4.69, 9.17) is 9.47 Å². The molecule has 4 unspecified atom stereocenters. The molecule has 29 heavy (non-hydrogen) atoms. The average molecular weight is 409 g/mol. The molecule has 0 heterocycles. The fourth-order valence-electron chi connectivity index (χ4n) is 5.29. The molecule has 2 aliphatic carbocycles. The number of esters is 2. The SMILES string of the molecule is CC(C)(C)C1CCCCC1OC(=O)CCCC(=O)OC1CCCCC1C(C)(C)C. The molecule has 0 N–H and O–H groups in total. The van der Waals surface area contributed by atoms with Crippen molar-refractivity contribution in [2.24, 2.45) is 22.7 Å². The molecular weight excluding hydrogens is 364 g/mol. The molecule has 2 fully saturated rings. The Hall–Kier alpha value is -1.06. The molecule has 2 saturated carbocycles. The van der Waals surface area contributed by atoms with Crippen molar-refractivity contribution in [1.29, 1.82) is 0 Å². The lowest BCUT2D eigenvalue weighted by Gasteiger charge is -2.40. The van der Waals surface area contributed by atoms with Crippen LogP contribution in [-0.4, -0.2) is 24.1 Å². The largest absolute Gasteiger partial charge is 0.462 e. The van der Waals surface area contributed by atoms with Crippen molar-refractivity contribution in [2.45, 2.75) is 124 Å². The van der Waals surface area contributed by atoms with E-state index in [0.717, 1.165) is 38.5 Å². The second-order valence-corrected chi connectivity index (χ2v) is 11.4. The molecule has 0 radical (unpaired) electrons. The van der Waals surface area contributed by atoms with Gasteiger partial charge in [-0.1, -0.05) is 54.4 Å². The van der Waals surface area contributed by atoms with Gasteiger partial charge in [-0.3, -0.25) is 9.59 Å². The van der Waals surface area contributed by atoms with Gasteiger partial charge >= 0.3 is 11.9 Å². The number of rotatable bonds is 6. The van der Waals surface area contributed by atoms with Gasteiger partial charge in [-0.2, -0.15) is 0 Å². The lowest BCUT2D eigenvalue weighted by atomic mass is 9.70. The van der Waals surface area contributed by atoms with Crippen LogP contribution in [0.2, 0.25) is 0 Å². The van der Waals surface area contributed by atoms with Crippen molar-refractivity contribution in [2.75, 3.05) is 0 Å². The van der Waals surface area contributed by atoms with Crippen LogP contribution < -0.4 is 0 Å². The quantitative estimate of drug-likeness (QED) is 0.474. The Morgan fingerprint density at radius 2 is 1.00 bits per heavy atom. The van der Waals surface area contributed by atoms with Gasteiger partial charge < -0.3 is 9.47 Å². The molecule has 4 heteroatoms. The van der Waals surface area contributed by atoms with Crippen LogP contribution in [0.15, 0.2) is 0 Å². The van der Waals surface area contributed by atoms with Crippen molar-refractivity contribution in [3.05, 3.63) is 0 Å². The van der Waals surface area contributed by atoms with E-state index in [1.54, 1.807) is 0 Å². The van der Waals surface area contributed by atoms with Gasteiger partial charge in [0.25, 0.3) is 0 Å². The monoisotopic (exact) mass is 408 g/mol. The molecule has 2 aliphatic rings. The van der Waals surface area contributed by atoms with Crippen LogP contribution >= 0.6 is 0 Å². The summed E-state index contributed by atoms with van der Waals surface area (Å²) in [5, 5.41) is 0. The van der Waals surface area contributed by atoms with Gasteiger partial charge in [0.2, 0.25) is 0 Å². The molecule has 4 atom stereocenters. The third kappa shape index (κ3) is 7.61. The van der Waals surface area contributed by atoms with Crippen molar-refractivity contribution in [1.82, 2.24) is 0 Å². The van der Waals surface area contributed by atoms with Crippen LogP contribution in [-0.2, 0) is 19.1 Å². The molecule has 2 rings (SSSR count). The molecule has 0 aromatic heterocycles. The molecule has 0 aromatic rings. The summed E-state index contributed by atoms with van der Waals surface area (Å²) in [6.07, 6.45) is 10.1. The molecule has 4 nitrogen and oxygen atoms in total. The number of ether oxygens (including phenoxy) is 2. The highest BCUT2D eigenvalue weighted by Gasteiger charge is 2.37. The van der Waals surface area contributed by atoms with E-state index >= 15 is 0 Å². The molecule has 0 aromatic carbocycles. The van der Waals surface area contributed by atoms with Gasteiger partial charge in [0, 0.05) is 24.7 Å². The first-order valence-electron chi connectivity index (χ1n) is 11.9. The average Bonchev–Trinajstić information content (AvgIpc) is 2.60. The summed E-state index contributed by atoms with van der Waals surface area (Å²) in [7, 11) is 0. The second-order valence-electron chi connectivity index (χ2n) is 11.4. The molecule has 0 aliphatic heterocycles. The van der Waals surface area contributed by atoms with Gasteiger partial charge in [0.05, 0.1) is 0 Å². The Labute approximate surface area is 178 Å². The van der Waals surface area contributed by atoms with Crippen molar-refractivity contribution < 1.29 is 19.1 Å². The molecule has 0 bridgehead atoms. The first-order chi connectivity index (χ1) is 13.5. The van der Waals surface area contributed by atoms with Gasteiger partial charge in [-0.05, 0) is 55.8 Å². The van der Waals surface area contributed by atoms with Crippen molar-refractivity contribution in [3.63, 3.8) is 0 Å². The maximum atomic E-state index is 12.4. The van der Waals surface area contributed by atoms with Crippen molar-refractivity contribution in [3.8, 4) is 0 Å². The highest BCUT2D eigenvalue weighted by molar-refractivity contribution is 5.72. The smallest absolute Gasteiger partial charge is 0.306 e. The van der Waals surface area contributed by atoms with Crippen LogP contribution in [0.4, 0.5) is 0 Å². The Morgan fingerprint density at radius 1 is 0.655 bits per heavy atom. The van der Waals surface area contributed by atoms with Gasteiger partial charge in [0.1, 0.15) is 12.2 Å². The molecule has 168 valence electrons. The maximum Gasteiger partial charge on any atom is 0.306 e. The van der Waals surface area contributed by atoms with E-state index in [9.17, 15) is 9.59 Å². The third-order valence-electron chi connectivity index (χ3n) is 6.96. The molecule has 0 amide bonds. The lowest BCUT2D eigenvalue weighted by Crippen LogP contribution is -2.38. The summed E-state index contributed by atoms with van der Waals surface area (Å²) in [6, 6.07) is 0. The topological polar surface area (TPSA) is 52.6 Å². The zero-order chi connectivity index (χ0) is 21.7. The molecule has 0 saturated heterocycles. The molecular formula is C25H44O4. The second kappa shape index (κ2) is 10.3. The number of carbonyl (C=O) groups excluding carboxylic acids is 2. The van der Waals surface area contributed by atoms with E-state index in [1.165, 1.54) is 12.8 Å². The zero-order valence-corrected chi connectivity index (χ0v) is 19.7. The normalized spacial score (nSPS) is 28.6.